The summed E-state index contributed by atoms with van der Waals surface area (Å²) < 4.78 is 32.3. The molecule has 0 spiro atoms. The van der Waals surface area contributed by atoms with Gasteiger partial charge >= 0.3 is 5.97 Å². The molecule has 7 heteroatoms. The first-order valence-electron chi connectivity index (χ1n) is 11.2. The Morgan fingerprint density at radius 3 is 2.20 bits per heavy atom. The molecule has 5 aliphatic rings. The van der Waals surface area contributed by atoms with Crippen molar-refractivity contribution in [2.75, 3.05) is 19.7 Å². The molecule has 162 valence electrons. The van der Waals surface area contributed by atoms with Crippen LogP contribution in [-0.4, -0.2) is 44.2 Å². The minimum Gasteiger partial charge on any atom is -0.454 e. The average molecular weight is 432 g/mol. The average Bonchev–Trinajstić information content (AvgIpc) is 3.26. The number of benzene rings is 1. The van der Waals surface area contributed by atoms with Gasteiger partial charge in [-0.2, -0.15) is 4.31 Å². The van der Waals surface area contributed by atoms with Gasteiger partial charge in [-0.3, -0.25) is 4.79 Å². The molecule has 4 bridgehead atoms. The number of rotatable bonds is 6. The third-order valence-electron chi connectivity index (χ3n) is 7.74. The largest absolute Gasteiger partial charge is 0.454 e. The lowest BCUT2D eigenvalue weighted by Crippen LogP contribution is -2.51. The maximum Gasteiger partial charge on any atom is 0.338 e. The monoisotopic (exact) mass is 431 g/mol. The third-order valence-corrected chi connectivity index (χ3v) is 9.63. The minimum absolute atomic E-state index is 0.0517. The second-order valence-corrected chi connectivity index (χ2v) is 11.8. The van der Waals surface area contributed by atoms with E-state index in [-0.39, 0.29) is 28.3 Å². The number of ether oxygens (including phenoxy) is 1. The number of ketones is 1. The smallest absolute Gasteiger partial charge is 0.338 e. The van der Waals surface area contributed by atoms with Crippen LogP contribution in [0.3, 0.4) is 0 Å². The Kier molecular flexibility index (Phi) is 5.01. The molecule has 6 nitrogen and oxygen atoms in total. The van der Waals surface area contributed by atoms with Gasteiger partial charge in [0.05, 0.1) is 10.5 Å². The van der Waals surface area contributed by atoms with Gasteiger partial charge in [-0.15, -0.1) is 0 Å². The number of carbonyl (C=O) groups excluding carboxylic acids is 2. The van der Waals surface area contributed by atoms with Gasteiger partial charge in [0.2, 0.25) is 10.0 Å². The molecule has 1 aromatic carbocycles. The fourth-order valence-electron chi connectivity index (χ4n) is 6.68. The van der Waals surface area contributed by atoms with Crippen LogP contribution in [0.1, 0.15) is 61.7 Å². The fraction of sp³-hybridized carbons (Fsp3) is 0.652. The van der Waals surface area contributed by atoms with E-state index in [1.165, 1.54) is 35.7 Å². The number of esters is 1. The molecule has 4 saturated carbocycles. The molecule has 1 aromatic rings. The Labute approximate surface area is 178 Å². The first-order chi connectivity index (χ1) is 14.4. The summed E-state index contributed by atoms with van der Waals surface area (Å²) in [6, 6.07) is 5.97. The Bertz CT molecular complexity index is 928. The lowest BCUT2D eigenvalue weighted by atomic mass is 9.48. The van der Waals surface area contributed by atoms with Crippen LogP contribution in [0.2, 0.25) is 0 Å². The number of hydrogen-bond acceptors (Lipinski definition) is 5. The topological polar surface area (TPSA) is 80.8 Å². The summed E-state index contributed by atoms with van der Waals surface area (Å²) in [5.74, 6) is 1.39. The van der Waals surface area contributed by atoms with E-state index in [0.717, 1.165) is 32.1 Å². The maximum atomic E-state index is 13.1. The van der Waals surface area contributed by atoms with Crippen molar-refractivity contribution in [3.05, 3.63) is 29.8 Å². The molecule has 0 aromatic heterocycles. The molecule has 0 atom stereocenters. The zero-order valence-corrected chi connectivity index (χ0v) is 18.0. The van der Waals surface area contributed by atoms with Gasteiger partial charge in [-0.1, -0.05) is 6.07 Å². The molecule has 1 saturated heterocycles. The molecule has 0 unspecified atom stereocenters. The highest BCUT2D eigenvalue weighted by Crippen LogP contribution is 2.60. The lowest BCUT2D eigenvalue weighted by molar-refractivity contribution is -0.147. The molecule has 0 N–H and O–H groups in total. The molecule has 1 aliphatic heterocycles. The number of sulfonamides is 1. The third kappa shape index (κ3) is 3.50. The highest BCUT2D eigenvalue weighted by atomic mass is 32.2. The van der Waals surface area contributed by atoms with E-state index in [0.29, 0.717) is 30.8 Å². The van der Waals surface area contributed by atoms with Gasteiger partial charge in [-0.05, 0) is 87.3 Å². The predicted octanol–water partition coefficient (Wildman–Crippen LogP) is 3.41. The van der Waals surface area contributed by atoms with E-state index >= 15 is 0 Å². The zero-order chi connectivity index (χ0) is 20.9. The van der Waals surface area contributed by atoms with Crippen LogP contribution in [0.25, 0.3) is 0 Å². The first kappa shape index (κ1) is 20.2. The summed E-state index contributed by atoms with van der Waals surface area (Å²) in [5.41, 5.74) is -0.121. The Balaban J connectivity index is 1.26. The maximum absolute atomic E-state index is 13.1. The van der Waals surface area contributed by atoms with Crippen molar-refractivity contribution in [2.45, 2.75) is 56.3 Å². The Morgan fingerprint density at radius 2 is 1.60 bits per heavy atom. The molecular weight excluding hydrogens is 402 g/mol. The molecule has 0 radical (unpaired) electrons. The van der Waals surface area contributed by atoms with Crippen molar-refractivity contribution >= 4 is 21.8 Å². The van der Waals surface area contributed by atoms with Crippen LogP contribution < -0.4 is 0 Å². The van der Waals surface area contributed by atoms with E-state index in [4.69, 9.17) is 4.74 Å². The minimum atomic E-state index is -3.60. The molecule has 1 heterocycles. The van der Waals surface area contributed by atoms with Crippen LogP contribution >= 0.6 is 0 Å². The van der Waals surface area contributed by atoms with Crippen molar-refractivity contribution in [1.29, 1.82) is 0 Å². The van der Waals surface area contributed by atoms with Crippen molar-refractivity contribution < 1.29 is 22.7 Å². The van der Waals surface area contributed by atoms with Crippen LogP contribution in [0.5, 0.6) is 0 Å². The number of carbonyl (C=O) groups is 2. The van der Waals surface area contributed by atoms with Crippen molar-refractivity contribution in [3.63, 3.8) is 0 Å². The van der Waals surface area contributed by atoms with Gasteiger partial charge < -0.3 is 4.74 Å². The summed E-state index contributed by atoms with van der Waals surface area (Å²) in [7, 11) is -3.60. The standard InChI is InChI=1S/C23H29NO5S/c25-21(23-12-16-8-17(13-23)10-18(9-16)14-23)15-29-22(26)19-4-3-5-20(11-19)30(27,28)24-6-1-2-7-24/h3-5,11,16-18H,1-2,6-10,12-15H2. The Morgan fingerprint density at radius 1 is 1.00 bits per heavy atom. The first-order valence-corrected chi connectivity index (χ1v) is 12.6. The van der Waals surface area contributed by atoms with Gasteiger partial charge in [0.1, 0.15) is 0 Å². The summed E-state index contributed by atoms with van der Waals surface area (Å²) in [6.07, 6.45) is 8.30. The molecular formula is C23H29NO5S. The number of nitrogens with zero attached hydrogens (tertiary/aromatic N) is 1. The summed E-state index contributed by atoms with van der Waals surface area (Å²) in [4.78, 5) is 25.7. The van der Waals surface area contributed by atoms with Crippen LogP contribution in [0.4, 0.5) is 0 Å². The SMILES string of the molecule is O=C(OCC(=O)C12CC3CC(CC(C3)C1)C2)c1cccc(S(=O)(=O)N2CCCC2)c1. The molecule has 6 rings (SSSR count). The molecule has 4 aliphatic carbocycles. The van der Waals surface area contributed by atoms with Crippen molar-refractivity contribution in [1.82, 2.24) is 4.31 Å². The van der Waals surface area contributed by atoms with Gasteiger partial charge in [0, 0.05) is 18.5 Å². The fourth-order valence-corrected chi connectivity index (χ4v) is 8.24. The highest BCUT2D eigenvalue weighted by molar-refractivity contribution is 7.89. The van der Waals surface area contributed by atoms with E-state index < -0.39 is 16.0 Å². The molecule has 30 heavy (non-hydrogen) atoms. The summed E-state index contributed by atoms with van der Waals surface area (Å²) in [5, 5.41) is 0. The summed E-state index contributed by atoms with van der Waals surface area (Å²) in [6.45, 7) is 0.807. The Hall–Kier alpha value is -1.73. The van der Waals surface area contributed by atoms with Gasteiger partial charge in [-0.25, -0.2) is 13.2 Å². The zero-order valence-electron chi connectivity index (χ0n) is 17.2. The summed E-state index contributed by atoms with van der Waals surface area (Å²) >= 11 is 0. The van der Waals surface area contributed by atoms with E-state index in [1.807, 2.05) is 0 Å². The van der Waals surface area contributed by atoms with Gasteiger partial charge in [0.25, 0.3) is 0 Å². The van der Waals surface area contributed by atoms with Crippen molar-refractivity contribution in [3.8, 4) is 0 Å². The van der Waals surface area contributed by atoms with Crippen molar-refractivity contribution in [2.24, 2.45) is 23.2 Å². The predicted molar refractivity (Wildman–Crippen MR) is 110 cm³/mol. The van der Waals surface area contributed by atoms with E-state index in [9.17, 15) is 18.0 Å². The molecule has 5 fully saturated rings. The van der Waals surface area contributed by atoms with Crippen LogP contribution in [0, 0.1) is 23.2 Å². The normalized spacial score (nSPS) is 33.0. The number of Topliss-reactive ketones (excluding diaryl/α,β-unsaturated/α-hetero) is 1. The lowest BCUT2D eigenvalue weighted by Gasteiger charge is -2.55. The molecule has 0 amide bonds. The second-order valence-electron chi connectivity index (χ2n) is 9.84. The second kappa shape index (κ2) is 7.45. The van der Waals surface area contributed by atoms with Gasteiger partial charge in [0.15, 0.2) is 12.4 Å². The van der Waals surface area contributed by atoms with E-state index in [2.05, 4.69) is 0 Å². The number of hydrogen-bond donors (Lipinski definition) is 0. The quantitative estimate of drug-likeness (QED) is 0.645. The van der Waals surface area contributed by atoms with Crippen LogP contribution in [0.15, 0.2) is 29.2 Å². The highest BCUT2D eigenvalue weighted by Gasteiger charge is 2.54. The van der Waals surface area contributed by atoms with Crippen LogP contribution in [-0.2, 0) is 19.6 Å². The van der Waals surface area contributed by atoms with E-state index in [1.54, 1.807) is 12.1 Å².